The Labute approximate surface area is 196 Å². The molecule has 4 rings (SSSR count). The third kappa shape index (κ3) is 6.05. The molecule has 1 amide bonds. The second-order valence-electron chi connectivity index (χ2n) is 10.1. The van der Waals surface area contributed by atoms with Crippen LogP contribution in [0.1, 0.15) is 44.7 Å². The second kappa shape index (κ2) is 8.97. The maximum Gasteiger partial charge on any atom is 0.410 e. The van der Waals surface area contributed by atoms with Gasteiger partial charge in [-0.3, -0.25) is 4.98 Å². The Morgan fingerprint density at radius 1 is 1.18 bits per heavy atom. The number of ether oxygens (including phenoxy) is 2. The molecule has 1 aromatic heterocycles. The number of fused-ring (bicyclic) bond motifs is 1. The molecule has 1 atom stereocenters. The van der Waals surface area contributed by atoms with Gasteiger partial charge in [-0.2, -0.15) is 0 Å². The molecule has 178 valence electrons. The lowest BCUT2D eigenvalue weighted by Crippen LogP contribution is -2.44. The van der Waals surface area contributed by atoms with Crippen molar-refractivity contribution in [3.63, 3.8) is 0 Å². The van der Waals surface area contributed by atoms with Crippen LogP contribution in [0.5, 0.6) is 5.75 Å². The highest BCUT2D eigenvalue weighted by Gasteiger charge is 2.35. The molecule has 0 spiro atoms. The Bertz CT molecular complexity index is 1110. The average molecular weight is 473 g/mol. The lowest BCUT2D eigenvalue weighted by molar-refractivity contribution is 0.0123. The van der Waals surface area contributed by atoms with E-state index in [-0.39, 0.29) is 18.0 Å². The molecule has 0 N–H and O–H groups in total. The highest BCUT2D eigenvalue weighted by atomic mass is 32.2. The molecule has 8 heteroatoms. The van der Waals surface area contributed by atoms with Crippen LogP contribution in [0.15, 0.2) is 36.5 Å². The van der Waals surface area contributed by atoms with E-state index in [0.29, 0.717) is 24.6 Å². The number of piperidine rings is 1. The number of sulfone groups is 1. The fourth-order valence-corrected chi connectivity index (χ4v) is 5.24. The van der Waals surface area contributed by atoms with E-state index in [1.807, 2.05) is 45.0 Å². The first-order chi connectivity index (χ1) is 15.5. The summed E-state index contributed by atoms with van der Waals surface area (Å²) in [6, 6.07) is 9.78. The van der Waals surface area contributed by atoms with E-state index >= 15 is 0 Å². The van der Waals surface area contributed by atoms with E-state index in [0.717, 1.165) is 41.8 Å². The molecule has 0 bridgehead atoms. The van der Waals surface area contributed by atoms with Crippen LogP contribution >= 0.6 is 0 Å². The van der Waals surface area contributed by atoms with Crippen molar-refractivity contribution in [1.29, 1.82) is 0 Å². The Hall–Kier alpha value is -2.61. The summed E-state index contributed by atoms with van der Waals surface area (Å²) in [5, 5.41) is 0. The zero-order valence-corrected chi connectivity index (χ0v) is 20.5. The van der Waals surface area contributed by atoms with Crippen LogP contribution < -0.4 is 4.74 Å². The monoisotopic (exact) mass is 472 g/mol. The molecule has 33 heavy (non-hydrogen) atoms. The van der Waals surface area contributed by atoms with Gasteiger partial charge in [0.2, 0.25) is 0 Å². The van der Waals surface area contributed by atoms with Gasteiger partial charge in [0.1, 0.15) is 17.5 Å². The van der Waals surface area contributed by atoms with Gasteiger partial charge < -0.3 is 14.4 Å². The summed E-state index contributed by atoms with van der Waals surface area (Å²) in [6.07, 6.45) is 5.35. The SMILES string of the molecule is CC(C)(C)OC(=O)N1CCC(C2Cc3cc(-c4ccc(CS(C)(=O)=O)cn4)ccc3O2)CC1. The summed E-state index contributed by atoms with van der Waals surface area (Å²) in [4.78, 5) is 18.6. The topological polar surface area (TPSA) is 85.8 Å². The first kappa shape index (κ1) is 23.5. The Balaban J connectivity index is 1.36. The summed E-state index contributed by atoms with van der Waals surface area (Å²) in [6.45, 7) is 7.02. The molecule has 7 nitrogen and oxygen atoms in total. The van der Waals surface area contributed by atoms with Gasteiger partial charge in [0.05, 0.1) is 11.4 Å². The van der Waals surface area contributed by atoms with Crippen molar-refractivity contribution in [2.75, 3.05) is 19.3 Å². The normalized spacial score (nSPS) is 19.2. The van der Waals surface area contributed by atoms with Crippen molar-refractivity contribution in [3.8, 4) is 17.0 Å². The summed E-state index contributed by atoms with van der Waals surface area (Å²) in [7, 11) is -3.08. The number of carbonyl (C=O) groups excluding carboxylic acids is 1. The molecular formula is C25H32N2O5S. The largest absolute Gasteiger partial charge is 0.490 e. The van der Waals surface area contributed by atoms with Crippen molar-refractivity contribution in [3.05, 3.63) is 47.7 Å². The quantitative estimate of drug-likeness (QED) is 0.662. The fourth-order valence-electron chi connectivity index (χ4n) is 4.46. The van der Waals surface area contributed by atoms with Gasteiger partial charge in [0, 0.05) is 37.5 Å². The van der Waals surface area contributed by atoms with E-state index in [1.54, 1.807) is 11.1 Å². The second-order valence-corrected chi connectivity index (χ2v) is 12.2. The van der Waals surface area contributed by atoms with Gasteiger partial charge in [0.25, 0.3) is 0 Å². The van der Waals surface area contributed by atoms with E-state index < -0.39 is 15.4 Å². The van der Waals surface area contributed by atoms with E-state index in [9.17, 15) is 13.2 Å². The number of pyridine rings is 1. The highest BCUT2D eigenvalue weighted by Crippen LogP contribution is 2.37. The van der Waals surface area contributed by atoms with Crippen LogP contribution in [0.3, 0.4) is 0 Å². The molecule has 2 aromatic rings. The van der Waals surface area contributed by atoms with Gasteiger partial charge in [-0.1, -0.05) is 6.07 Å². The Kier molecular flexibility index (Phi) is 6.40. The number of aromatic nitrogens is 1. The van der Waals surface area contributed by atoms with Crippen molar-refractivity contribution < 1.29 is 22.7 Å². The summed E-state index contributed by atoms with van der Waals surface area (Å²) in [5.74, 6) is 1.30. The van der Waals surface area contributed by atoms with Crippen LogP contribution in [0.2, 0.25) is 0 Å². The van der Waals surface area contributed by atoms with Gasteiger partial charge in [-0.15, -0.1) is 0 Å². The van der Waals surface area contributed by atoms with E-state index in [2.05, 4.69) is 11.1 Å². The van der Waals surface area contributed by atoms with Crippen LogP contribution in [-0.4, -0.2) is 55.4 Å². The van der Waals surface area contributed by atoms with Gasteiger partial charge >= 0.3 is 6.09 Å². The van der Waals surface area contributed by atoms with Crippen molar-refractivity contribution >= 4 is 15.9 Å². The minimum atomic E-state index is -3.08. The molecule has 1 fully saturated rings. The van der Waals surface area contributed by atoms with Gasteiger partial charge in [-0.05, 0) is 74.9 Å². The fraction of sp³-hybridized carbons (Fsp3) is 0.520. The number of nitrogens with zero attached hydrogens (tertiary/aromatic N) is 2. The van der Waals surface area contributed by atoms with Crippen molar-refractivity contribution in [1.82, 2.24) is 9.88 Å². The summed E-state index contributed by atoms with van der Waals surface area (Å²) < 4.78 is 34.7. The molecular weight excluding hydrogens is 440 g/mol. The molecule has 0 radical (unpaired) electrons. The number of likely N-dealkylation sites (tertiary alicyclic amines) is 1. The maximum absolute atomic E-state index is 12.3. The first-order valence-corrected chi connectivity index (χ1v) is 13.4. The lowest BCUT2D eigenvalue weighted by atomic mass is 9.89. The zero-order valence-electron chi connectivity index (χ0n) is 19.7. The van der Waals surface area contributed by atoms with Crippen LogP contribution in [0.4, 0.5) is 4.79 Å². The number of amides is 1. The molecule has 2 aliphatic heterocycles. The summed E-state index contributed by atoms with van der Waals surface area (Å²) in [5.41, 5.74) is 3.16. The van der Waals surface area contributed by atoms with E-state index in [1.165, 1.54) is 6.26 Å². The van der Waals surface area contributed by atoms with Crippen LogP contribution in [0, 0.1) is 5.92 Å². The number of hydrogen-bond donors (Lipinski definition) is 0. The molecule has 1 saturated heterocycles. The zero-order chi connectivity index (χ0) is 23.8. The molecule has 1 aromatic carbocycles. The van der Waals surface area contributed by atoms with Crippen LogP contribution in [-0.2, 0) is 26.7 Å². The predicted octanol–water partition coefficient (Wildman–Crippen LogP) is 4.24. The highest BCUT2D eigenvalue weighted by molar-refractivity contribution is 7.89. The summed E-state index contributed by atoms with van der Waals surface area (Å²) >= 11 is 0. The third-order valence-electron chi connectivity index (χ3n) is 6.03. The molecule has 3 heterocycles. The first-order valence-electron chi connectivity index (χ1n) is 11.4. The van der Waals surface area contributed by atoms with E-state index in [4.69, 9.17) is 9.47 Å². The van der Waals surface area contributed by atoms with Crippen molar-refractivity contribution in [2.24, 2.45) is 5.92 Å². The minimum Gasteiger partial charge on any atom is -0.490 e. The van der Waals surface area contributed by atoms with Gasteiger partial charge in [0.15, 0.2) is 9.84 Å². The maximum atomic E-state index is 12.3. The molecule has 2 aliphatic rings. The molecule has 0 saturated carbocycles. The Morgan fingerprint density at radius 2 is 1.91 bits per heavy atom. The average Bonchev–Trinajstić information content (AvgIpc) is 3.15. The lowest BCUT2D eigenvalue weighted by Gasteiger charge is -2.35. The smallest absolute Gasteiger partial charge is 0.410 e. The van der Waals surface area contributed by atoms with Crippen LogP contribution in [0.25, 0.3) is 11.3 Å². The predicted molar refractivity (Wildman–Crippen MR) is 127 cm³/mol. The van der Waals surface area contributed by atoms with Gasteiger partial charge in [-0.25, -0.2) is 13.2 Å². The number of rotatable bonds is 4. The molecule has 0 aliphatic carbocycles. The molecule has 1 unspecified atom stereocenters. The van der Waals surface area contributed by atoms with Crippen molar-refractivity contribution in [2.45, 2.75) is 57.5 Å². The number of hydrogen-bond acceptors (Lipinski definition) is 6. The number of benzene rings is 1. The third-order valence-corrected chi connectivity index (χ3v) is 6.88. The standard InChI is InChI=1S/C25H32N2O5S/c1-25(2,3)32-24(28)27-11-9-18(10-12-27)23-14-20-13-19(6-8-22(20)31-23)21-7-5-17(15-26-21)16-33(4,29)30/h5-8,13,15,18,23H,9-12,14,16H2,1-4H3. The number of carbonyl (C=O) groups is 1. The minimum absolute atomic E-state index is 0.00721. The Morgan fingerprint density at radius 3 is 2.52 bits per heavy atom.